The summed E-state index contributed by atoms with van der Waals surface area (Å²) in [6, 6.07) is 10.1. The fourth-order valence-electron chi connectivity index (χ4n) is 1.06. The van der Waals surface area contributed by atoms with Crippen LogP contribution in [0.15, 0.2) is 30.3 Å². The van der Waals surface area contributed by atoms with Gasteiger partial charge in [0.25, 0.3) is 0 Å². The highest BCUT2D eigenvalue weighted by atomic mass is 32.2. The summed E-state index contributed by atoms with van der Waals surface area (Å²) in [5.74, 6) is 0.775. The molecule has 3 heteroatoms. The number of carbonyl (C=O) groups is 1. The topological polar surface area (TPSA) is 37.3 Å². The first kappa shape index (κ1) is 12.1. The van der Waals surface area contributed by atoms with Crippen LogP contribution in [0.2, 0.25) is 0 Å². The third-order valence-corrected chi connectivity index (χ3v) is 3.62. The molecule has 0 fully saturated rings. The fourth-order valence-corrected chi connectivity index (χ4v) is 2.22. The highest BCUT2D eigenvalue weighted by molar-refractivity contribution is 7.98. The minimum absolute atomic E-state index is 0.636. The zero-order chi connectivity index (χ0) is 11.3. The maximum absolute atomic E-state index is 10.9. The smallest absolute Gasteiger partial charge is 0.309 e. The highest BCUT2D eigenvalue weighted by Gasteiger charge is 2.26. The lowest BCUT2D eigenvalue weighted by Gasteiger charge is -2.18. The van der Waals surface area contributed by atoms with Gasteiger partial charge in [-0.3, -0.25) is 4.79 Å². The molecule has 0 atom stereocenters. The molecule has 82 valence electrons. The summed E-state index contributed by atoms with van der Waals surface area (Å²) in [6.07, 6.45) is 0. The van der Waals surface area contributed by atoms with Gasteiger partial charge in [-0.2, -0.15) is 11.8 Å². The SMILES string of the molecule is CC(C)(CSCc1ccccc1)C(=O)O. The molecule has 1 rings (SSSR count). The molecule has 0 amide bonds. The van der Waals surface area contributed by atoms with E-state index in [0.29, 0.717) is 5.75 Å². The fraction of sp³-hybridized carbons (Fsp3) is 0.417. The number of carboxylic acid groups (broad SMARTS) is 1. The molecular weight excluding hydrogens is 208 g/mol. The highest BCUT2D eigenvalue weighted by Crippen LogP contribution is 2.24. The molecule has 0 bridgehead atoms. The summed E-state index contributed by atoms with van der Waals surface area (Å²) in [7, 11) is 0. The van der Waals surface area contributed by atoms with Crippen LogP contribution >= 0.6 is 11.8 Å². The lowest BCUT2D eigenvalue weighted by Crippen LogP contribution is -2.26. The van der Waals surface area contributed by atoms with Crippen molar-refractivity contribution < 1.29 is 9.90 Å². The maximum atomic E-state index is 10.9. The molecule has 0 saturated heterocycles. The molecule has 0 spiro atoms. The van der Waals surface area contributed by atoms with E-state index in [0.717, 1.165) is 5.75 Å². The average Bonchev–Trinajstić information content (AvgIpc) is 2.19. The monoisotopic (exact) mass is 224 g/mol. The molecule has 0 unspecified atom stereocenters. The number of aliphatic carboxylic acids is 1. The Labute approximate surface area is 94.7 Å². The second-order valence-electron chi connectivity index (χ2n) is 4.17. The van der Waals surface area contributed by atoms with Crippen LogP contribution in [-0.2, 0) is 10.5 Å². The van der Waals surface area contributed by atoms with E-state index in [1.807, 2.05) is 18.2 Å². The van der Waals surface area contributed by atoms with Gasteiger partial charge in [0, 0.05) is 11.5 Å². The Morgan fingerprint density at radius 3 is 2.47 bits per heavy atom. The van der Waals surface area contributed by atoms with Gasteiger partial charge in [0.2, 0.25) is 0 Å². The number of benzene rings is 1. The molecule has 0 aromatic heterocycles. The van der Waals surface area contributed by atoms with Crippen molar-refractivity contribution in [3.8, 4) is 0 Å². The van der Waals surface area contributed by atoms with E-state index >= 15 is 0 Å². The van der Waals surface area contributed by atoms with E-state index in [-0.39, 0.29) is 0 Å². The normalized spacial score (nSPS) is 11.3. The minimum atomic E-state index is -0.733. The van der Waals surface area contributed by atoms with Gasteiger partial charge in [0.1, 0.15) is 0 Å². The summed E-state index contributed by atoms with van der Waals surface area (Å²) in [5, 5.41) is 8.93. The van der Waals surface area contributed by atoms with Crippen LogP contribution in [0.1, 0.15) is 19.4 Å². The molecule has 0 aliphatic rings. The molecule has 0 heterocycles. The first-order valence-electron chi connectivity index (χ1n) is 4.87. The van der Waals surface area contributed by atoms with E-state index in [1.165, 1.54) is 5.56 Å². The van der Waals surface area contributed by atoms with Gasteiger partial charge < -0.3 is 5.11 Å². The Morgan fingerprint density at radius 2 is 1.93 bits per heavy atom. The van der Waals surface area contributed by atoms with Crippen molar-refractivity contribution in [2.45, 2.75) is 19.6 Å². The average molecular weight is 224 g/mol. The van der Waals surface area contributed by atoms with Crippen LogP contribution in [0.4, 0.5) is 0 Å². The summed E-state index contributed by atoms with van der Waals surface area (Å²) in [6.45, 7) is 3.51. The molecule has 0 saturated carbocycles. The molecular formula is C12H16O2S. The second-order valence-corrected chi connectivity index (χ2v) is 5.15. The number of hydrogen-bond donors (Lipinski definition) is 1. The maximum Gasteiger partial charge on any atom is 0.309 e. The quantitative estimate of drug-likeness (QED) is 0.835. The van der Waals surface area contributed by atoms with Crippen molar-refractivity contribution in [3.05, 3.63) is 35.9 Å². The number of rotatable bonds is 5. The Morgan fingerprint density at radius 1 is 1.33 bits per heavy atom. The van der Waals surface area contributed by atoms with Crippen LogP contribution in [0, 0.1) is 5.41 Å². The van der Waals surface area contributed by atoms with Crippen LogP contribution < -0.4 is 0 Å². The van der Waals surface area contributed by atoms with Crippen molar-refractivity contribution in [3.63, 3.8) is 0 Å². The predicted molar refractivity (Wildman–Crippen MR) is 64.0 cm³/mol. The zero-order valence-electron chi connectivity index (χ0n) is 9.06. The number of carboxylic acids is 1. The lowest BCUT2D eigenvalue weighted by molar-refractivity contribution is -0.145. The third kappa shape index (κ3) is 3.96. The summed E-state index contributed by atoms with van der Waals surface area (Å²) in [4.78, 5) is 10.9. The number of hydrogen-bond acceptors (Lipinski definition) is 2. The van der Waals surface area contributed by atoms with Gasteiger partial charge in [0.05, 0.1) is 5.41 Å². The van der Waals surface area contributed by atoms with E-state index < -0.39 is 11.4 Å². The van der Waals surface area contributed by atoms with Gasteiger partial charge >= 0.3 is 5.97 Å². The minimum Gasteiger partial charge on any atom is -0.481 e. The van der Waals surface area contributed by atoms with Crippen LogP contribution in [0.3, 0.4) is 0 Å². The van der Waals surface area contributed by atoms with Gasteiger partial charge in [-0.15, -0.1) is 0 Å². The molecule has 15 heavy (non-hydrogen) atoms. The van der Waals surface area contributed by atoms with E-state index in [9.17, 15) is 4.79 Å². The van der Waals surface area contributed by atoms with Gasteiger partial charge in [0.15, 0.2) is 0 Å². The number of thioether (sulfide) groups is 1. The standard InChI is InChI=1S/C12H16O2S/c1-12(2,11(13)14)9-15-8-10-6-4-3-5-7-10/h3-7H,8-9H2,1-2H3,(H,13,14). The van der Waals surface area contributed by atoms with Crippen molar-refractivity contribution in [1.29, 1.82) is 0 Å². The van der Waals surface area contributed by atoms with Crippen LogP contribution in [0.25, 0.3) is 0 Å². The summed E-state index contributed by atoms with van der Waals surface area (Å²) in [5.41, 5.74) is 0.600. The largest absolute Gasteiger partial charge is 0.481 e. The first-order chi connectivity index (χ1) is 7.02. The Bertz CT molecular complexity index is 320. The molecule has 1 aromatic rings. The Hall–Kier alpha value is -0.960. The van der Waals surface area contributed by atoms with Crippen molar-refractivity contribution in [2.24, 2.45) is 5.41 Å². The molecule has 0 radical (unpaired) electrons. The summed E-state index contributed by atoms with van der Waals surface area (Å²) >= 11 is 1.66. The van der Waals surface area contributed by atoms with Crippen LogP contribution in [-0.4, -0.2) is 16.8 Å². The molecule has 0 aliphatic heterocycles. The van der Waals surface area contributed by atoms with Gasteiger partial charge in [-0.05, 0) is 19.4 Å². The first-order valence-corrected chi connectivity index (χ1v) is 6.03. The molecule has 0 aliphatic carbocycles. The van der Waals surface area contributed by atoms with Gasteiger partial charge in [-0.25, -0.2) is 0 Å². The molecule has 1 aromatic carbocycles. The predicted octanol–water partition coefficient (Wildman–Crippen LogP) is 3.03. The van der Waals surface area contributed by atoms with E-state index in [2.05, 4.69) is 12.1 Å². The Balaban J connectivity index is 2.37. The second kappa shape index (κ2) is 5.21. The molecule has 2 nitrogen and oxygen atoms in total. The van der Waals surface area contributed by atoms with E-state index in [4.69, 9.17) is 5.11 Å². The van der Waals surface area contributed by atoms with Gasteiger partial charge in [-0.1, -0.05) is 30.3 Å². The van der Waals surface area contributed by atoms with E-state index in [1.54, 1.807) is 25.6 Å². The van der Waals surface area contributed by atoms with Crippen molar-refractivity contribution in [1.82, 2.24) is 0 Å². The van der Waals surface area contributed by atoms with Crippen LogP contribution in [0.5, 0.6) is 0 Å². The van der Waals surface area contributed by atoms with Crippen molar-refractivity contribution >= 4 is 17.7 Å². The third-order valence-electron chi connectivity index (χ3n) is 2.15. The summed E-state index contributed by atoms with van der Waals surface area (Å²) < 4.78 is 0. The zero-order valence-corrected chi connectivity index (χ0v) is 9.88. The Kier molecular flexibility index (Phi) is 4.21. The lowest BCUT2D eigenvalue weighted by atomic mass is 9.97. The molecule has 1 N–H and O–H groups in total. The van der Waals surface area contributed by atoms with Crippen molar-refractivity contribution in [2.75, 3.05) is 5.75 Å².